The van der Waals surface area contributed by atoms with Gasteiger partial charge in [0, 0.05) is 16.1 Å². The number of hydrogen-bond donors (Lipinski definition) is 0. The highest BCUT2D eigenvalue weighted by Crippen LogP contribution is 2.66. The third-order valence-electron chi connectivity index (χ3n) is 3.80. The summed E-state index contributed by atoms with van der Waals surface area (Å²) in [5.74, 6) is 0.565. The molecule has 0 aliphatic carbocycles. The van der Waals surface area contributed by atoms with Crippen molar-refractivity contribution in [1.82, 2.24) is 0 Å². The van der Waals surface area contributed by atoms with Gasteiger partial charge in [0.25, 0.3) is 7.94 Å². The molecular weight excluding hydrogens is 339 g/mol. The smallest absolute Gasteiger partial charge is 0.254 e. The van der Waals surface area contributed by atoms with E-state index in [9.17, 15) is 9.10 Å². The van der Waals surface area contributed by atoms with E-state index in [0.717, 1.165) is 11.3 Å². The van der Waals surface area contributed by atoms with Gasteiger partial charge in [-0.2, -0.15) is 0 Å². The minimum Gasteiger partial charge on any atom is -0.630 e. The van der Waals surface area contributed by atoms with Crippen LogP contribution in [-0.2, 0) is 19.8 Å². The van der Waals surface area contributed by atoms with Crippen LogP contribution in [-0.4, -0.2) is 33.4 Å². The van der Waals surface area contributed by atoms with Crippen LogP contribution in [0.25, 0.3) is 0 Å². The second-order valence-electron chi connectivity index (χ2n) is 6.48. The van der Waals surface area contributed by atoms with Gasteiger partial charge in [-0.3, -0.25) is 4.21 Å². The Morgan fingerprint density at radius 3 is 2.55 bits per heavy atom. The first-order valence-electron chi connectivity index (χ1n) is 7.37. The van der Waals surface area contributed by atoms with Gasteiger partial charge in [-0.05, 0) is 18.6 Å². The van der Waals surface area contributed by atoms with Crippen molar-refractivity contribution in [1.29, 1.82) is 0 Å². The van der Waals surface area contributed by atoms with Crippen LogP contribution in [0.2, 0.25) is 0 Å². The highest BCUT2D eigenvalue weighted by Gasteiger charge is 2.56. The molecular formula is C15H21O4PS2. The Morgan fingerprint density at radius 1 is 1.27 bits per heavy atom. The Kier molecular flexibility index (Phi) is 4.98. The van der Waals surface area contributed by atoms with Crippen LogP contribution in [0.1, 0.15) is 20.3 Å². The standard InChI is InChI=1S/C15H21O4PS2/c1-15(2)10-18-20(16,19-11-15)14-13(8-9-22(14)17)21-12-6-4-3-5-7-12/h3-7,13-14H,8-11H2,1-2H3. The largest absolute Gasteiger partial charge is 0.630 e. The second-order valence-corrected chi connectivity index (χ2v) is 12.0. The minimum atomic E-state index is -3.31. The lowest BCUT2D eigenvalue weighted by atomic mass is 9.97. The predicted molar refractivity (Wildman–Crippen MR) is 90.1 cm³/mol. The number of rotatable bonds is 3. The van der Waals surface area contributed by atoms with E-state index in [1.807, 2.05) is 44.2 Å². The van der Waals surface area contributed by atoms with Crippen LogP contribution in [0.3, 0.4) is 0 Å². The van der Waals surface area contributed by atoms with Crippen molar-refractivity contribution in [3.63, 3.8) is 0 Å². The molecule has 0 spiro atoms. The van der Waals surface area contributed by atoms with Gasteiger partial charge in [0.15, 0.2) is 0 Å². The Morgan fingerprint density at radius 2 is 1.91 bits per heavy atom. The van der Waals surface area contributed by atoms with Crippen LogP contribution in [0.4, 0.5) is 0 Å². The molecule has 2 saturated heterocycles. The predicted octanol–water partition coefficient (Wildman–Crippen LogP) is 2.82. The van der Waals surface area contributed by atoms with Crippen LogP contribution in [0.5, 0.6) is 0 Å². The fraction of sp³-hybridized carbons (Fsp3) is 0.600. The van der Waals surface area contributed by atoms with E-state index >= 15 is 0 Å². The average molecular weight is 360 g/mol. The van der Waals surface area contributed by atoms with Crippen molar-refractivity contribution < 1.29 is 18.1 Å². The lowest BCUT2D eigenvalue weighted by Crippen LogP contribution is -2.42. The first kappa shape index (κ1) is 16.9. The molecule has 2 heterocycles. The zero-order chi connectivity index (χ0) is 15.8. The fourth-order valence-electron chi connectivity index (χ4n) is 2.56. The molecule has 2 aliphatic heterocycles. The molecule has 3 unspecified atom stereocenters. The maximum atomic E-state index is 13.1. The lowest BCUT2D eigenvalue weighted by molar-refractivity contribution is -0.234. The Balaban J connectivity index is 1.76. The van der Waals surface area contributed by atoms with E-state index in [1.54, 1.807) is 11.8 Å². The molecule has 0 bridgehead atoms. The molecule has 22 heavy (non-hydrogen) atoms. The number of thioether (sulfide) groups is 1. The van der Waals surface area contributed by atoms with Gasteiger partial charge in [-0.15, -0.1) is 11.8 Å². The van der Waals surface area contributed by atoms with Gasteiger partial charge in [0.05, 0.1) is 16.0 Å². The first-order valence-corrected chi connectivity index (χ1v) is 11.2. The molecule has 122 valence electrons. The van der Waals surface area contributed by atoms with E-state index in [2.05, 4.69) is 0 Å². The Bertz CT molecular complexity index is 542. The Hall–Kier alpha value is 0.0300. The van der Waals surface area contributed by atoms with Crippen LogP contribution in [0.15, 0.2) is 35.2 Å². The van der Waals surface area contributed by atoms with E-state index in [-0.39, 0.29) is 10.7 Å². The minimum absolute atomic E-state index is 0.00952. The van der Waals surface area contributed by atoms with Gasteiger partial charge in [0.2, 0.25) is 4.99 Å². The molecule has 1 aromatic rings. The summed E-state index contributed by atoms with van der Waals surface area (Å²) in [7, 11) is -4.47. The molecule has 4 nitrogen and oxygen atoms in total. The quantitative estimate of drug-likeness (QED) is 0.776. The number of benzene rings is 1. The van der Waals surface area contributed by atoms with E-state index in [0.29, 0.717) is 19.0 Å². The molecule has 1 aromatic carbocycles. The highest BCUT2D eigenvalue weighted by molar-refractivity contribution is 8.03. The van der Waals surface area contributed by atoms with E-state index in [1.165, 1.54) is 0 Å². The van der Waals surface area contributed by atoms with Gasteiger partial charge in [-0.1, -0.05) is 32.0 Å². The molecule has 2 fully saturated rings. The SMILES string of the molecule is CC1(C)CO[P+]([O-])(C2C(Sc3ccccc3)CCS2=O)OC1. The molecule has 0 N–H and O–H groups in total. The monoisotopic (exact) mass is 360 g/mol. The van der Waals surface area contributed by atoms with Gasteiger partial charge < -0.3 is 4.89 Å². The van der Waals surface area contributed by atoms with Crippen molar-refractivity contribution in [2.45, 2.75) is 35.4 Å². The summed E-state index contributed by atoms with van der Waals surface area (Å²) in [6.07, 6.45) is 0.775. The average Bonchev–Trinajstić information content (AvgIpc) is 2.85. The normalized spacial score (nSPS) is 33.7. The Labute approximate surface area is 139 Å². The maximum Gasteiger partial charge on any atom is 0.254 e. The van der Waals surface area contributed by atoms with Crippen molar-refractivity contribution in [3.8, 4) is 0 Å². The van der Waals surface area contributed by atoms with Gasteiger partial charge in [0.1, 0.15) is 13.2 Å². The molecule has 0 amide bonds. The summed E-state index contributed by atoms with van der Waals surface area (Å²) in [4.78, 5) is 13.7. The molecule has 3 atom stereocenters. The maximum absolute atomic E-state index is 13.1. The van der Waals surface area contributed by atoms with Gasteiger partial charge in [-0.25, -0.2) is 9.05 Å². The summed E-state index contributed by atoms with van der Waals surface area (Å²) in [6, 6.07) is 9.95. The third-order valence-corrected chi connectivity index (χ3v) is 10.5. The van der Waals surface area contributed by atoms with E-state index < -0.39 is 23.7 Å². The zero-order valence-electron chi connectivity index (χ0n) is 12.8. The topological polar surface area (TPSA) is 58.6 Å². The zero-order valence-corrected chi connectivity index (χ0v) is 15.3. The molecule has 2 aliphatic rings. The van der Waals surface area contributed by atoms with Crippen LogP contribution >= 0.6 is 19.7 Å². The first-order chi connectivity index (χ1) is 10.4. The molecule has 0 saturated carbocycles. The van der Waals surface area contributed by atoms with E-state index in [4.69, 9.17) is 9.05 Å². The molecule has 0 radical (unpaired) electrons. The van der Waals surface area contributed by atoms with Crippen LogP contribution < -0.4 is 4.89 Å². The summed E-state index contributed by atoms with van der Waals surface area (Å²) in [5.41, 5.74) is -0.143. The molecule has 7 heteroatoms. The lowest BCUT2D eigenvalue weighted by Gasteiger charge is -2.41. The van der Waals surface area contributed by atoms with Crippen molar-refractivity contribution >= 4 is 30.5 Å². The summed E-state index contributed by atoms with van der Waals surface area (Å²) >= 11 is 1.63. The van der Waals surface area contributed by atoms with Gasteiger partial charge >= 0.3 is 0 Å². The molecule has 3 rings (SSSR count). The number of hydrogen-bond acceptors (Lipinski definition) is 5. The van der Waals surface area contributed by atoms with Crippen molar-refractivity contribution in [3.05, 3.63) is 30.3 Å². The van der Waals surface area contributed by atoms with Crippen molar-refractivity contribution in [2.24, 2.45) is 5.41 Å². The summed E-state index contributed by atoms with van der Waals surface area (Å²) < 4.78 is 23.7. The highest BCUT2D eigenvalue weighted by atomic mass is 32.2. The fourth-order valence-corrected chi connectivity index (χ4v) is 9.91. The summed E-state index contributed by atoms with van der Waals surface area (Å²) in [6.45, 7) is 4.80. The molecule has 0 aromatic heterocycles. The second kappa shape index (κ2) is 6.50. The van der Waals surface area contributed by atoms with Crippen LogP contribution in [0, 0.1) is 5.41 Å². The van der Waals surface area contributed by atoms with Crippen molar-refractivity contribution in [2.75, 3.05) is 19.0 Å². The third kappa shape index (κ3) is 3.58. The summed E-state index contributed by atoms with van der Waals surface area (Å²) in [5, 5.41) is 0.00952.